The molecule has 1 saturated heterocycles. The first kappa shape index (κ1) is 12.2. The van der Waals surface area contributed by atoms with Crippen LogP contribution in [0.3, 0.4) is 0 Å². The van der Waals surface area contributed by atoms with Crippen molar-refractivity contribution in [3.05, 3.63) is 11.6 Å². The van der Waals surface area contributed by atoms with E-state index >= 15 is 0 Å². The smallest absolute Gasteiger partial charge is 0.0714 e. The van der Waals surface area contributed by atoms with Crippen molar-refractivity contribution in [3.63, 3.8) is 0 Å². The lowest BCUT2D eigenvalue weighted by Crippen LogP contribution is -2.40. The molecular formula is C15H26O. The Morgan fingerprint density at radius 3 is 2.56 bits per heavy atom. The van der Waals surface area contributed by atoms with Gasteiger partial charge >= 0.3 is 0 Å². The minimum atomic E-state index is 0.170. The molecule has 2 rings (SSSR count). The Labute approximate surface area is 100 Å². The molecule has 0 radical (unpaired) electrons. The third kappa shape index (κ3) is 1.64. The standard InChI is InChI=1S/C15H26O/c1-5-12-8-9-14(4)11-16-15(6-2,7-3)13(14)10-12/h8,13H,5-7,9-11H2,1-4H3. The van der Waals surface area contributed by atoms with E-state index in [1.807, 2.05) is 0 Å². The summed E-state index contributed by atoms with van der Waals surface area (Å²) in [5.74, 6) is 0.745. The van der Waals surface area contributed by atoms with Gasteiger partial charge < -0.3 is 4.74 Å². The molecule has 1 heteroatoms. The van der Waals surface area contributed by atoms with Gasteiger partial charge in [-0.15, -0.1) is 0 Å². The molecule has 0 spiro atoms. The first-order chi connectivity index (χ1) is 7.60. The molecule has 92 valence electrons. The van der Waals surface area contributed by atoms with Gasteiger partial charge in [-0.1, -0.05) is 39.3 Å². The quantitative estimate of drug-likeness (QED) is 0.646. The van der Waals surface area contributed by atoms with Crippen molar-refractivity contribution in [2.24, 2.45) is 11.3 Å². The van der Waals surface area contributed by atoms with E-state index < -0.39 is 0 Å². The lowest BCUT2D eigenvalue weighted by molar-refractivity contribution is -0.0283. The summed E-state index contributed by atoms with van der Waals surface area (Å²) in [5, 5.41) is 0. The van der Waals surface area contributed by atoms with Crippen LogP contribution in [0.1, 0.15) is 59.8 Å². The lowest BCUT2D eigenvalue weighted by Gasteiger charge is -2.41. The number of hydrogen-bond donors (Lipinski definition) is 0. The van der Waals surface area contributed by atoms with Crippen molar-refractivity contribution in [2.45, 2.75) is 65.4 Å². The zero-order chi connectivity index (χ0) is 11.8. The maximum Gasteiger partial charge on any atom is 0.0714 e. The van der Waals surface area contributed by atoms with E-state index in [1.165, 1.54) is 32.1 Å². The predicted molar refractivity (Wildman–Crippen MR) is 68.5 cm³/mol. The molecule has 0 aromatic carbocycles. The van der Waals surface area contributed by atoms with Crippen LogP contribution in [0.5, 0.6) is 0 Å². The van der Waals surface area contributed by atoms with Gasteiger partial charge in [0.1, 0.15) is 0 Å². The number of hydrogen-bond acceptors (Lipinski definition) is 1. The highest BCUT2D eigenvalue weighted by Crippen LogP contribution is 2.55. The van der Waals surface area contributed by atoms with Gasteiger partial charge in [-0.2, -0.15) is 0 Å². The normalized spacial score (nSPS) is 37.0. The Morgan fingerprint density at radius 2 is 2.00 bits per heavy atom. The highest BCUT2D eigenvalue weighted by Gasteiger charge is 2.54. The summed E-state index contributed by atoms with van der Waals surface area (Å²) < 4.78 is 6.25. The minimum absolute atomic E-state index is 0.170. The maximum atomic E-state index is 6.25. The van der Waals surface area contributed by atoms with Crippen molar-refractivity contribution >= 4 is 0 Å². The van der Waals surface area contributed by atoms with E-state index in [2.05, 4.69) is 33.8 Å². The minimum Gasteiger partial charge on any atom is -0.374 e. The summed E-state index contributed by atoms with van der Waals surface area (Å²) >= 11 is 0. The van der Waals surface area contributed by atoms with Crippen LogP contribution in [-0.2, 0) is 4.74 Å². The van der Waals surface area contributed by atoms with Gasteiger partial charge in [-0.25, -0.2) is 0 Å². The SMILES string of the molecule is CCC1=CCC2(C)COC(CC)(CC)C2C1. The Kier molecular flexibility index (Phi) is 3.18. The van der Waals surface area contributed by atoms with E-state index in [4.69, 9.17) is 4.74 Å². The van der Waals surface area contributed by atoms with Crippen LogP contribution in [0.25, 0.3) is 0 Å². The summed E-state index contributed by atoms with van der Waals surface area (Å²) in [7, 11) is 0. The molecule has 0 N–H and O–H groups in total. The monoisotopic (exact) mass is 222 g/mol. The second kappa shape index (κ2) is 4.18. The molecule has 1 nitrogen and oxygen atoms in total. The van der Waals surface area contributed by atoms with Crippen LogP contribution in [0.2, 0.25) is 0 Å². The highest BCUT2D eigenvalue weighted by molar-refractivity contribution is 5.17. The lowest BCUT2D eigenvalue weighted by atomic mass is 9.62. The van der Waals surface area contributed by atoms with Gasteiger partial charge in [0, 0.05) is 5.41 Å². The molecule has 0 aromatic heterocycles. The van der Waals surface area contributed by atoms with Gasteiger partial charge in [0.05, 0.1) is 12.2 Å². The molecule has 0 bridgehead atoms. The molecule has 1 aliphatic carbocycles. The van der Waals surface area contributed by atoms with Crippen LogP contribution < -0.4 is 0 Å². The van der Waals surface area contributed by atoms with Crippen LogP contribution in [0.4, 0.5) is 0 Å². The third-order valence-corrected chi connectivity index (χ3v) is 5.14. The maximum absolute atomic E-state index is 6.25. The van der Waals surface area contributed by atoms with Crippen molar-refractivity contribution in [1.29, 1.82) is 0 Å². The van der Waals surface area contributed by atoms with Gasteiger partial charge in [-0.3, -0.25) is 0 Å². The summed E-state index contributed by atoms with van der Waals surface area (Å²) in [6.45, 7) is 10.3. The van der Waals surface area contributed by atoms with Gasteiger partial charge in [-0.05, 0) is 38.0 Å². The summed E-state index contributed by atoms with van der Waals surface area (Å²) in [4.78, 5) is 0. The zero-order valence-corrected chi connectivity index (χ0v) is 11.3. The van der Waals surface area contributed by atoms with E-state index in [0.29, 0.717) is 5.41 Å². The van der Waals surface area contributed by atoms with Crippen LogP contribution in [0.15, 0.2) is 11.6 Å². The Bertz CT molecular complexity index is 288. The molecule has 2 aliphatic rings. The van der Waals surface area contributed by atoms with Crippen molar-refractivity contribution in [1.82, 2.24) is 0 Å². The van der Waals surface area contributed by atoms with Crippen molar-refractivity contribution in [2.75, 3.05) is 6.61 Å². The fourth-order valence-electron chi connectivity index (χ4n) is 3.74. The Hall–Kier alpha value is -0.300. The topological polar surface area (TPSA) is 9.23 Å². The third-order valence-electron chi connectivity index (χ3n) is 5.14. The number of rotatable bonds is 3. The fourth-order valence-corrected chi connectivity index (χ4v) is 3.74. The average Bonchev–Trinajstić information content (AvgIpc) is 2.62. The molecule has 2 unspecified atom stereocenters. The first-order valence-corrected chi connectivity index (χ1v) is 6.92. The summed E-state index contributed by atoms with van der Waals surface area (Å²) in [6, 6.07) is 0. The molecule has 0 saturated carbocycles. The molecule has 1 heterocycles. The molecule has 0 aromatic rings. The van der Waals surface area contributed by atoms with E-state index in [9.17, 15) is 0 Å². The second-order valence-electron chi connectivity index (χ2n) is 5.89. The largest absolute Gasteiger partial charge is 0.374 e. The molecule has 1 aliphatic heterocycles. The molecule has 1 fully saturated rings. The molecule has 0 amide bonds. The van der Waals surface area contributed by atoms with Crippen LogP contribution in [-0.4, -0.2) is 12.2 Å². The van der Waals surface area contributed by atoms with Crippen LogP contribution in [0, 0.1) is 11.3 Å². The van der Waals surface area contributed by atoms with Crippen LogP contribution >= 0.6 is 0 Å². The predicted octanol–water partition coefficient (Wildman–Crippen LogP) is 4.33. The van der Waals surface area contributed by atoms with E-state index in [0.717, 1.165) is 12.5 Å². The Morgan fingerprint density at radius 1 is 1.31 bits per heavy atom. The Balaban J connectivity index is 2.28. The van der Waals surface area contributed by atoms with Gasteiger partial charge in [0.15, 0.2) is 0 Å². The summed E-state index contributed by atoms with van der Waals surface area (Å²) in [5.41, 5.74) is 2.23. The number of allylic oxidation sites excluding steroid dienone is 2. The molecule has 16 heavy (non-hydrogen) atoms. The van der Waals surface area contributed by atoms with Gasteiger partial charge in [0.2, 0.25) is 0 Å². The second-order valence-corrected chi connectivity index (χ2v) is 5.89. The highest BCUT2D eigenvalue weighted by atomic mass is 16.5. The average molecular weight is 222 g/mol. The molecular weight excluding hydrogens is 196 g/mol. The summed E-state index contributed by atoms with van der Waals surface area (Å²) in [6.07, 6.45) is 8.52. The van der Waals surface area contributed by atoms with E-state index in [-0.39, 0.29) is 5.60 Å². The first-order valence-electron chi connectivity index (χ1n) is 6.92. The van der Waals surface area contributed by atoms with E-state index in [1.54, 1.807) is 5.57 Å². The van der Waals surface area contributed by atoms with Crippen molar-refractivity contribution < 1.29 is 4.74 Å². The zero-order valence-electron chi connectivity index (χ0n) is 11.3. The van der Waals surface area contributed by atoms with Gasteiger partial charge in [0.25, 0.3) is 0 Å². The van der Waals surface area contributed by atoms with Crippen molar-refractivity contribution in [3.8, 4) is 0 Å². The molecule has 2 atom stereocenters. The number of ether oxygens (including phenoxy) is 1. The number of fused-ring (bicyclic) bond motifs is 1. The fraction of sp³-hybridized carbons (Fsp3) is 0.867.